The highest BCUT2D eigenvalue weighted by molar-refractivity contribution is 5.99. The lowest BCUT2D eigenvalue weighted by Crippen LogP contribution is -2.42. The molecule has 1 fully saturated rings. The maximum Gasteiger partial charge on any atom is 0.335 e. The molecule has 1 aromatic rings. The second-order valence-electron chi connectivity index (χ2n) is 6.01. The Kier molecular flexibility index (Phi) is 3.59. The van der Waals surface area contributed by atoms with Crippen molar-refractivity contribution in [3.05, 3.63) is 41.0 Å². The molecule has 3 atom stereocenters. The van der Waals surface area contributed by atoms with E-state index in [2.05, 4.69) is 4.90 Å². The molecule has 1 aromatic carbocycles. The van der Waals surface area contributed by atoms with Crippen LogP contribution in [0.4, 0.5) is 0 Å². The van der Waals surface area contributed by atoms with Crippen molar-refractivity contribution in [3.8, 4) is 0 Å². The molecule has 0 aliphatic carbocycles. The highest BCUT2D eigenvalue weighted by Gasteiger charge is 2.47. The third-order valence-corrected chi connectivity index (χ3v) is 4.80. The molecule has 21 heavy (non-hydrogen) atoms. The molecule has 112 valence electrons. The Morgan fingerprint density at radius 2 is 2.00 bits per heavy atom. The standard InChI is InChI=1S/C17H21NO3/c1-10-4-6-11(7-5-10)12-8-13-15(19)9-14(18(13)2)16(12)17(20)21-3/h4-7,13-15,19H,8-9H2,1-3H3/t13-,14-,15-/m1/s1. The summed E-state index contributed by atoms with van der Waals surface area (Å²) in [7, 11) is 3.39. The van der Waals surface area contributed by atoms with Gasteiger partial charge >= 0.3 is 5.97 Å². The first kappa shape index (κ1) is 14.3. The molecule has 2 aliphatic rings. The van der Waals surface area contributed by atoms with Crippen molar-refractivity contribution in [2.75, 3.05) is 14.2 Å². The number of rotatable bonds is 2. The Morgan fingerprint density at radius 1 is 1.33 bits per heavy atom. The predicted molar refractivity (Wildman–Crippen MR) is 80.7 cm³/mol. The number of hydrogen-bond donors (Lipinski definition) is 1. The Hall–Kier alpha value is -1.65. The number of aryl methyl sites for hydroxylation is 1. The summed E-state index contributed by atoms with van der Waals surface area (Å²) in [6.45, 7) is 2.04. The topological polar surface area (TPSA) is 49.8 Å². The fourth-order valence-electron chi connectivity index (χ4n) is 3.57. The third kappa shape index (κ3) is 2.28. The number of aliphatic hydroxyl groups excluding tert-OH is 1. The Balaban J connectivity index is 2.11. The first-order valence-electron chi connectivity index (χ1n) is 7.31. The summed E-state index contributed by atoms with van der Waals surface area (Å²) in [5, 5.41) is 10.2. The van der Waals surface area contributed by atoms with Crippen molar-refractivity contribution in [3.63, 3.8) is 0 Å². The van der Waals surface area contributed by atoms with Crippen LogP contribution in [0.25, 0.3) is 5.57 Å². The average molecular weight is 287 g/mol. The lowest BCUT2D eigenvalue weighted by molar-refractivity contribution is -0.136. The second-order valence-corrected chi connectivity index (χ2v) is 6.01. The maximum atomic E-state index is 12.3. The number of benzene rings is 1. The van der Waals surface area contributed by atoms with Gasteiger partial charge in [-0.25, -0.2) is 4.79 Å². The van der Waals surface area contributed by atoms with Crippen LogP contribution in [-0.4, -0.2) is 48.3 Å². The summed E-state index contributed by atoms with van der Waals surface area (Å²) in [6.07, 6.45) is 0.894. The van der Waals surface area contributed by atoms with Gasteiger partial charge in [-0.1, -0.05) is 29.8 Å². The van der Waals surface area contributed by atoms with Gasteiger partial charge in [0.05, 0.1) is 18.8 Å². The van der Waals surface area contributed by atoms with Crippen LogP contribution >= 0.6 is 0 Å². The van der Waals surface area contributed by atoms with Crippen LogP contribution < -0.4 is 0 Å². The molecule has 0 aromatic heterocycles. The van der Waals surface area contributed by atoms with Gasteiger partial charge in [-0.2, -0.15) is 0 Å². The summed E-state index contributed by atoms with van der Waals surface area (Å²) in [4.78, 5) is 14.4. The third-order valence-electron chi connectivity index (χ3n) is 4.80. The molecular weight excluding hydrogens is 266 g/mol. The van der Waals surface area contributed by atoms with Gasteiger partial charge in [-0.3, -0.25) is 4.90 Å². The minimum atomic E-state index is -0.386. The van der Waals surface area contributed by atoms with E-state index < -0.39 is 0 Å². The molecule has 0 amide bonds. The molecule has 1 saturated heterocycles. The van der Waals surface area contributed by atoms with E-state index in [0.717, 1.165) is 11.1 Å². The molecule has 0 spiro atoms. The zero-order valence-electron chi connectivity index (χ0n) is 12.7. The van der Waals surface area contributed by atoms with Crippen molar-refractivity contribution >= 4 is 11.5 Å². The lowest BCUT2D eigenvalue weighted by atomic mass is 9.88. The summed E-state index contributed by atoms with van der Waals surface area (Å²) in [5.74, 6) is -0.282. The molecule has 4 nitrogen and oxygen atoms in total. The summed E-state index contributed by atoms with van der Waals surface area (Å²) in [6, 6.07) is 8.22. The molecule has 2 bridgehead atoms. The molecule has 0 radical (unpaired) electrons. The van der Waals surface area contributed by atoms with Gasteiger partial charge in [-0.15, -0.1) is 0 Å². The number of ether oxygens (including phenoxy) is 1. The Labute approximate surface area is 125 Å². The van der Waals surface area contributed by atoms with E-state index >= 15 is 0 Å². The SMILES string of the molecule is COC(=O)C1=C(c2ccc(C)cc2)C[C@@H]2[C@H](O)C[C@H]1N2C. The van der Waals surface area contributed by atoms with E-state index in [0.29, 0.717) is 18.4 Å². The van der Waals surface area contributed by atoms with E-state index in [1.807, 2.05) is 38.2 Å². The molecule has 0 unspecified atom stereocenters. The fourth-order valence-corrected chi connectivity index (χ4v) is 3.57. The molecule has 1 N–H and O–H groups in total. The van der Waals surface area contributed by atoms with Crippen LogP contribution in [0.5, 0.6) is 0 Å². The minimum absolute atomic E-state index is 0.0532. The zero-order valence-corrected chi connectivity index (χ0v) is 12.7. The van der Waals surface area contributed by atoms with Gasteiger partial charge in [0.25, 0.3) is 0 Å². The fraction of sp³-hybridized carbons (Fsp3) is 0.471. The van der Waals surface area contributed by atoms with Crippen molar-refractivity contribution in [2.45, 2.75) is 38.0 Å². The smallest absolute Gasteiger partial charge is 0.335 e. The van der Waals surface area contributed by atoms with E-state index in [9.17, 15) is 9.90 Å². The van der Waals surface area contributed by atoms with E-state index in [1.54, 1.807) is 0 Å². The highest BCUT2D eigenvalue weighted by atomic mass is 16.5. The predicted octanol–water partition coefficient (Wildman–Crippen LogP) is 1.76. The number of likely N-dealkylation sites (N-methyl/N-ethyl adjacent to an activating group) is 1. The quantitative estimate of drug-likeness (QED) is 0.842. The number of fused-ring (bicyclic) bond motifs is 2. The number of carbonyl (C=O) groups is 1. The van der Waals surface area contributed by atoms with Crippen LogP contribution in [0.15, 0.2) is 29.8 Å². The van der Waals surface area contributed by atoms with Gasteiger partial charge < -0.3 is 9.84 Å². The van der Waals surface area contributed by atoms with E-state index in [1.165, 1.54) is 12.7 Å². The first-order chi connectivity index (χ1) is 10.0. The molecule has 4 heteroatoms. The average Bonchev–Trinajstić information content (AvgIpc) is 2.66. The second kappa shape index (κ2) is 5.28. The Morgan fingerprint density at radius 3 is 2.62 bits per heavy atom. The number of carbonyl (C=O) groups excluding carboxylic acids is 1. The summed E-state index contributed by atoms with van der Waals surface area (Å²) < 4.78 is 4.99. The van der Waals surface area contributed by atoms with Crippen molar-refractivity contribution in [1.82, 2.24) is 4.90 Å². The van der Waals surface area contributed by atoms with Crippen molar-refractivity contribution < 1.29 is 14.6 Å². The number of hydrogen-bond acceptors (Lipinski definition) is 4. The minimum Gasteiger partial charge on any atom is -0.466 e. The zero-order chi connectivity index (χ0) is 15.1. The van der Waals surface area contributed by atoms with Crippen LogP contribution in [-0.2, 0) is 9.53 Å². The van der Waals surface area contributed by atoms with Gasteiger partial charge in [0.15, 0.2) is 0 Å². The largest absolute Gasteiger partial charge is 0.466 e. The summed E-state index contributed by atoms with van der Waals surface area (Å²) >= 11 is 0. The highest BCUT2D eigenvalue weighted by Crippen LogP contribution is 2.42. The Bertz CT molecular complexity index is 591. The van der Waals surface area contributed by atoms with Gasteiger partial charge in [0.1, 0.15) is 0 Å². The van der Waals surface area contributed by atoms with Crippen LogP contribution in [0.1, 0.15) is 24.0 Å². The van der Waals surface area contributed by atoms with Crippen molar-refractivity contribution in [1.29, 1.82) is 0 Å². The van der Waals surface area contributed by atoms with Crippen LogP contribution in [0.2, 0.25) is 0 Å². The van der Waals surface area contributed by atoms with Crippen molar-refractivity contribution in [2.24, 2.45) is 0 Å². The number of methoxy groups -OCH3 is 1. The number of esters is 1. The summed E-state index contributed by atoms with van der Waals surface area (Å²) in [5.41, 5.74) is 3.97. The molecule has 0 saturated carbocycles. The van der Waals surface area contributed by atoms with E-state index in [-0.39, 0.29) is 24.2 Å². The maximum absolute atomic E-state index is 12.3. The first-order valence-corrected chi connectivity index (χ1v) is 7.31. The monoisotopic (exact) mass is 287 g/mol. The molecule has 2 aliphatic heterocycles. The van der Waals surface area contributed by atoms with Crippen LogP contribution in [0.3, 0.4) is 0 Å². The lowest BCUT2D eigenvalue weighted by Gasteiger charge is -2.34. The van der Waals surface area contributed by atoms with Crippen LogP contribution in [0, 0.1) is 6.92 Å². The van der Waals surface area contributed by atoms with E-state index in [4.69, 9.17) is 4.74 Å². The molecule has 3 rings (SSSR count). The molecular formula is C17H21NO3. The number of nitrogens with zero attached hydrogens (tertiary/aromatic N) is 1. The van der Waals surface area contributed by atoms with Gasteiger partial charge in [-0.05, 0) is 37.9 Å². The normalized spacial score (nSPS) is 28.9. The van der Waals surface area contributed by atoms with Gasteiger partial charge in [0.2, 0.25) is 0 Å². The van der Waals surface area contributed by atoms with Gasteiger partial charge in [0, 0.05) is 12.1 Å². The molecule has 2 heterocycles. The number of aliphatic hydroxyl groups is 1.